The minimum Gasteiger partial charge on any atom is -0.321 e. The summed E-state index contributed by atoms with van der Waals surface area (Å²) in [5.41, 5.74) is 5.95. The van der Waals surface area contributed by atoms with Crippen LogP contribution >= 0.6 is 15.9 Å². The van der Waals surface area contributed by atoms with Gasteiger partial charge in [-0.2, -0.15) is 0 Å². The predicted molar refractivity (Wildman–Crippen MR) is 68.4 cm³/mol. The molecular weight excluding hydrogens is 304 g/mol. The summed E-state index contributed by atoms with van der Waals surface area (Å²) in [4.78, 5) is 3.94. The van der Waals surface area contributed by atoms with Crippen molar-refractivity contribution in [2.75, 3.05) is 0 Å². The Labute approximate surface area is 112 Å². The van der Waals surface area contributed by atoms with Gasteiger partial charge in [-0.1, -0.05) is 0 Å². The van der Waals surface area contributed by atoms with Gasteiger partial charge in [-0.3, -0.25) is 4.57 Å². The maximum Gasteiger partial charge on any atom is 0.148 e. The topological polar surface area (TPSA) is 43.8 Å². The fourth-order valence-electron chi connectivity index (χ4n) is 1.66. The summed E-state index contributed by atoms with van der Waals surface area (Å²) >= 11 is 2.94. The van der Waals surface area contributed by atoms with Crippen molar-refractivity contribution in [3.05, 3.63) is 46.5 Å². The molecule has 2 N–H and O–H groups in total. The standard InChI is InChI=1S/C12H12BrF2N3/c1-12(2,16)11-5-17-6-18(11)10-4-8(14)7(13)3-9(10)15/h3-6H,16H2,1-2H3. The van der Waals surface area contributed by atoms with E-state index >= 15 is 0 Å². The monoisotopic (exact) mass is 315 g/mol. The van der Waals surface area contributed by atoms with E-state index in [0.717, 1.165) is 12.1 Å². The number of aromatic nitrogens is 2. The predicted octanol–water partition coefficient (Wildman–Crippen LogP) is 3.11. The van der Waals surface area contributed by atoms with E-state index in [1.54, 1.807) is 20.0 Å². The Morgan fingerprint density at radius 3 is 2.56 bits per heavy atom. The van der Waals surface area contributed by atoms with Gasteiger partial charge in [0.1, 0.15) is 11.6 Å². The van der Waals surface area contributed by atoms with Crippen molar-refractivity contribution in [3.63, 3.8) is 0 Å². The lowest BCUT2D eigenvalue weighted by Gasteiger charge is -2.21. The SMILES string of the molecule is CC(C)(N)c1cncn1-c1cc(F)c(Br)cc1F. The summed E-state index contributed by atoms with van der Waals surface area (Å²) in [6.45, 7) is 3.54. The van der Waals surface area contributed by atoms with Crippen LogP contribution in [-0.4, -0.2) is 9.55 Å². The Morgan fingerprint density at radius 1 is 1.28 bits per heavy atom. The second-order valence-corrected chi connectivity index (χ2v) is 5.44. The third-order valence-corrected chi connectivity index (χ3v) is 3.16. The zero-order valence-corrected chi connectivity index (χ0v) is 11.5. The molecule has 0 saturated carbocycles. The molecule has 0 radical (unpaired) electrons. The van der Waals surface area contributed by atoms with Crippen LogP contribution in [0, 0.1) is 11.6 Å². The number of halogens is 3. The summed E-state index contributed by atoms with van der Waals surface area (Å²) in [7, 11) is 0. The summed E-state index contributed by atoms with van der Waals surface area (Å²) in [5.74, 6) is -1.09. The quantitative estimate of drug-likeness (QED) is 0.865. The molecule has 0 spiro atoms. The molecule has 18 heavy (non-hydrogen) atoms. The molecular formula is C12H12BrF2N3. The Hall–Kier alpha value is -1.27. The van der Waals surface area contributed by atoms with E-state index in [0.29, 0.717) is 5.69 Å². The maximum atomic E-state index is 13.9. The molecule has 0 aliphatic rings. The van der Waals surface area contributed by atoms with Gasteiger partial charge < -0.3 is 5.73 Å². The fraction of sp³-hybridized carbons (Fsp3) is 0.250. The van der Waals surface area contributed by atoms with Crippen LogP contribution in [0.4, 0.5) is 8.78 Å². The van der Waals surface area contributed by atoms with Crippen LogP contribution in [0.5, 0.6) is 0 Å². The van der Waals surface area contributed by atoms with Gasteiger partial charge in [0.15, 0.2) is 0 Å². The van der Waals surface area contributed by atoms with Gasteiger partial charge in [-0.05, 0) is 35.8 Å². The molecule has 0 unspecified atom stereocenters. The van der Waals surface area contributed by atoms with Crippen LogP contribution in [-0.2, 0) is 5.54 Å². The third kappa shape index (κ3) is 2.30. The minimum absolute atomic E-state index is 0.0809. The molecule has 3 nitrogen and oxygen atoms in total. The van der Waals surface area contributed by atoms with Crippen molar-refractivity contribution in [1.29, 1.82) is 0 Å². The lowest BCUT2D eigenvalue weighted by molar-refractivity contribution is 0.517. The normalized spacial score (nSPS) is 11.9. The molecule has 2 rings (SSSR count). The van der Waals surface area contributed by atoms with Crippen LogP contribution in [0.2, 0.25) is 0 Å². The molecule has 1 aromatic carbocycles. The lowest BCUT2D eigenvalue weighted by Crippen LogP contribution is -2.31. The van der Waals surface area contributed by atoms with Crippen LogP contribution in [0.25, 0.3) is 5.69 Å². The summed E-state index contributed by atoms with van der Waals surface area (Å²) in [5, 5.41) is 0. The zero-order valence-electron chi connectivity index (χ0n) is 9.92. The Morgan fingerprint density at radius 2 is 1.94 bits per heavy atom. The molecule has 1 heterocycles. The first-order valence-electron chi connectivity index (χ1n) is 5.27. The van der Waals surface area contributed by atoms with E-state index in [-0.39, 0.29) is 10.2 Å². The summed E-state index contributed by atoms with van der Waals surface area (Å²) in [6.07, 6.45) is 2.95. The smallest absolute Gasteiger partial charge is 0.148 e. The van der Waals surface area contributed by atoms with Gasteiger partial charge in [-0.15, -0.1) is 0 Å². The van der Waals surface area contributed by atoms with Crippen molar-refractivity contribution in [2.45, 2.75) is 19.4 Å². The molecule has 0 amide bonds. The first-order chi connectivity index (χ1) is 8.30. The van der Waals surface area contributed by atoms with E-state index in [9.17, 15) is 8.78 Å². The Bertz CT molecular complexity index is 587. The van der Waals surface area contributed by atoms with Gasteiger partial charge in [0.05, 0.1) is 33.9 Å². The maximum absolute atomic E-state index is 13.9. The van der Waals surface area contributed by atoms with E-state index < -0.39 is 17.2 Å². The first kappa shape index (κ1) is 13.2. The molecule has 0 bridgehead atoms. The van der Waals surface area contributed by atoms with Crippen LogP contribution in [0.3, 0.4) is 0 Å². The molecule has 0 atom stereocenters. The molecule has 0 aliphatic heterocycles. The summed E-state index contributed by atoms with van der Waals surface area (Å²) in [6, 6.07) is 2.19. The number of imidazole rings is 1. The molecule has 0 saturated heterocycles. The van der Waals surface area contributed by atoms with E-state index in [2.05, 4.69) is 20.9 Å². The van der Waals surface area contributed by atoms with Crippen molar-refractivity contribution >= 4 is 15.9 Å². The fourth-order valence-corrected chi connectivity index (χ4v) is 1.98. The minimum atomic E-state index is -0.702. The molecule has 1 aromatic heterocycles. The van der Waals surface area contributed by atoms with E-state index in [4.69, 9.17) is 5.73 Å². The highest BCUT2D eigenvalue weighted by Gasteiger charge is 2.21. The number of nitrogens with zero attached hydrogens (tertiary/aromatic N) is 2. The Kier molecular flexibility index (Phi) is 3.25. The van der Waals surface area contributed by atoms with E-state index in [1.807, 2.05) is 0 Å². The van der Waals surface area contributed by atoms with Crippen LogP contribution in [0.1, 0.15) is 19.5 Å². The Balaban J connectivity index is 2.64. The second kappa shape index (κ2) is 4.44. The first-order valence-corrected chi connectivity index (χ1v) is 6.06. The number of hydrogen-bond acceptors (Lipinski definition) is 2. The molecule has 6 heteroatoms. The number of benzene rings is 1. The van der Waals surface area contributed by atoms with Crippen LogP contribution in [0.15, 0.2) is 29.1 Å². The van der Waals surface area contributed by atoms with Gasteiger partial charge in [-0.25, -0.2) is 13.8 Å². The van der Waals surface area contributed by atoms with Gasteiger partial charge >= 0.3 is 0 Å². The third-order valence-electron chi connectivity index (χ3n) is 2.55. The van der Waals surface area contributed by atoms with Gasteiger partial charge in [0, 0.05) is 6.07 Å². The molecule has 0 fully saturated rings. The van der Waals surface area contributed by atoms with Crippen molar-refractivity contribution in [1.82, 2.24) is 9.55 Å². The average Bonchev–Trinajstić information content (AvgIpc) is 2.71. The highest BCUT2D eigenvalue weighted by Crippen LogP contribution is 2.26. The molecule has 0 aliphatic carbocycles. The summed E-state index contributed by atoms with van der Waals surface area (Å²) < 4.78 is 28.9. The van der Waals surface area contributed by atoms with Gasteiger partial charge in [0.2, 0.25) is 0 Å². The van der Waals surface area contributed by atoms with Crippen molar-refractivity contribution in [2.24, 2.45) is 5.73 Å². The number of nitrogens with two attached hydrogens (primary N) is 1. The van der Waals surface area contributed by atoms with Crippen LogP contribution < -0.4 is 5.73 Å². The van der Waals surface area contributed by atoms with E-state index in [1.165, 1.54) is 10.9 Å². The molecule has 2 aromatic rings. The number of hydrogen-bond donors (Lipinski definition) is 1. The second-order valence-electron chi connectivity index (χ2n) is 4.59. The number of rotatable bonds is 2. The van der Waals surface area contributed by atoms with Gasteiger partial charge in [0.25, 0.3) is 0 Å². The van der Waals surface area contributed by atoms with Crippen molar-refractivity contribution < 1.29 is 8.78 Å². The molecule has 96 valence electrons. The zero-order chi connectivity index (χ0) is 13.5. The average molecular weight is 316 g/mol. The van der Waals surface area contributed by atoms with Crippen molar-refractivity contribution in [3.8, 4) is 5.69 Å². The lowest BCUT2D eigenvalue weighted by atomic mass is 10.0. The largest absolute Gasteiger partial charge is 0.321 e. The highest BCUT2D eigenvalue weighted by molar-refractivity contribution is 9.10. The highest BCUT2D eigenvalue weighted by atomic mass is 79.9.